The van der Waals surface area contributed by atoms with Crippen LogP contribution in [0.15, 0.2) is 40.9 Å². The molecular formula is C16H16N2S2. The van der Waals surface area contributed by atoms with Gasteiger partial charge >= 0.3 is 0 Å². The Morgan fingerprint density at radius 1 is 1.25 bits per heavy atom. The highest BCUT2D eigenvalue weighted by atomic mass is 32.2. The molecule has 2 aromatic rings. The van der Waals surface area contributed by atoms with Crippen molar-refractivity contribution < 1.29 is 0 Å². The third kappa shape index (κ3) is 2.34. The van der Waals surface area contributed by atoms with E-state index in [0.717, 1.165) is 23.5 Å². The lowest BCUT2D eigenvalue weighted by atomic mass is 9.97. The Hall–Kier alpha value is -1.39. The summed E-state index contributed by atoms with van der Waals surface area (Å²) in [6, 6.07) is 4.27. The van der Waals surface area contributed by atoms with Gasteiger partial charge in [0.25, 0.3) is 0 Å². The van der Waals surface area contributed by atoms with Gasteiger partial charge in [0.2, 0.25) is 0 Å². The van der Waals surface area contributed by atoms with Crippen LogP contribution in [0.1, 0.15) is 24.6 Å². The highest BCUT2D eigenvalue weighted by molar-refractivity contribution is 8.02. The molecule has 0 atom stereocenters. The first-order valence-corrected chi connectivity index (χ1v) is 8.73. The molecule has 0 saturated carbocycles. The Morgan fingerprint density at radius 2 is 2.05 bits per heavy atom. The molecule has 0 saturated heterocycles. The van der Waals surface area contributed by atoms with Crippen molar-refractivity contribution in [1.29, 1.82) is 0 Å². The predicted octanol–water partition coefficient (Wildman–Crippen LogP) is 2.95. The molecular weight excluding hydrogens is 284 g/mol. The Labute approximate surface area is 127 Å². The number of allylic oxidation sites excluding steroid dienone is 2. The minimum absolute atomic E-state index is 1.04. The van der Waals surface area contributed by atoms with Gasteiger partial charge in [-0.05, 0) is 48.6 Å². The number of aromatic nitrogens is 2. The van der Waals surface area contributed by atoms with E-state index in [1.807, 2.05) is 0 Å². The van der Waals surface area contributed by atoms with Crippen LogP contribution in [0.2, 0.25) is 0 Å². The molecule has 0 aliphatic heterocycles. The van der Waals surface area contributed by atoms with Crippen LogP contribution in [-0.2, 0) is 0 Å². The second kappa shape index (κ2) is 5.94. The van der Waals surface area contributed by atoms with Crippen LogP contribution < -0.4 is 10.7 Å². The number of thioether (sulfide) groups is 1. The first kappa shape index (κ1) is 13.6. The van der Waals surface area contributed by atoms with Gasteiger partial charge in [-0.1, -0.05) is 12.1 Å². The Morgan fingerprint density at radius 3 is 2.70 bits per heavy atom. The van der Waals surface area contributed by atoms with E-state index >= 15 is 0 Å². The van der Waals surface area contributed by atoms with Gasteiger partial charge in [-0.15, -0.1) is 23.1 Å². The van der Waals surface area contributed by atoms with Crippen LogP contribution in [0, 0.1) is 0 Å². The summed E-state index contributed by atoms with van der Waals surface area (Å²) >= 11 is 3.57. The van der Waals surface area contributed by atoms with Crippen LogP contribution in [0.4, 0.5) is 0 Å². The number of fused-ring (bicyclic) bond motifs is 1. The van der Waals surface area contributed by atoms with Crippen LogP contribution in [0.25, 0.3) is 11.1 Å². The van der Waals surface area contributed by atoms with E-state index in [1.165, 1.54) is 20.9 Å². The van der Waals surface area contributed by atoms with Crippen molar-refractivity contribution in [3.63, 3.8) is 0 Å². The van der Waals surface area contributed by atoms with E-state index in [1.54, 1.807) is 35.5 Å². The topological polar surface area (TPSA) is 25.8 Å². The van der Waals surface area contributed by atoms with Crippen LogP contribution in [0.5, 0.6) is 0 Å². The lowest BCUT2D eigenvalue weighted by Gasteiger charge is -2.16. The first-order valence-electron chi connectivity index (χ1n) is 6.63. The molecule has 2 aromatic heterocycles. The van der Waals surface area contributed by atoms with Gasteiger partial charge in [0, 0.05) is 22.2 Å². The molecule has 4 heteroatoms. The van der Waals surface area contributed by atoms with Gasteiger partial charge in [0.05, 0.1) is 10.7 Å². The zero-order chi connectivity index (χ0) is 13.9. The van der Waals surface area contributed by atoms with Gasteiger partial charge < -0.3 is 0 Å². The second-order valence-electron chi connectivity index (χ2n) is 4.55. The average molecular weight is 300 g/mol. The number of hydrogen-bond donors (Lipinski definition) is 0. The van der Waals surface area contributed by atoms with E-state index in [0.29, 0.717) is 0 Å². The number of rotatable bonds is 3. The summed E-state index contributed by atoms with van der Waals surface area (Å²) in [6.07, 6.45) is 9.97. The lowest BCUT2D eigenvalue weighted by Crippen LogP contribution is -2.37. The Bertz CT molecular complexity index is 758. The molecule has 2 nitrogen and oxygen atoms in total. The molecule has 0 N–H and O–H groups in total. The third-order valence-corrected chi connectivity index (χ3v) is 5.34. The van der Waals surface area contributed by atoms with Gasteiger partial charge in [-0.25, -0.2) is 0 Å². The predicted molar refractivity (Wildman–Crippen MR) is 88.0 cm³/mol. The van der Waals surface area contributed by atoms with Gasteiger partial charge in [-0.3, -0.25) is 9.97 Å². The SMILES string of the molecule is C/C=C(\SC)C1=c2nccnc2=C(c2cccs2)CC1. The van der Waals surface area contributed by atoms with Crippen molar-refractivity contribution in [2.24, 2.45) is 0 Å². The summed E-state index contributed by atoms with van der Waals surface area (Å²) in [5.74, 6) is 0. The monoisotopic (exact) mass is 300 g/mol. The molecule has 3 rings (SSSR count). The van der Waals surface area contributed by atoms with E-state index in [9.17, 15) is 0 Å². The maximum Gasteiger partial charge on any atom is 0.0936 e. The molecule has 0 amide bonds. The molecule has 0 aromatic carbocycles. The van der Waals surface area contributed by atoms with Crippen molar-refractivity contribution >= 4 is 34.2 Å². The largest absolute Gasteiger partial charge is 0.253 e. The molecule has 0 radical (unpaired) electrons. The number of thiophene rings is 1. The lowest BCUT2D eigenvalue weighted by molar-refractivity contribution is 0.974. The van der Waals surface area contributed by atoms with Crippen molar-refractivity contribution in [1.82, 2.24) is 9.97 Å². The van der Waals surface area contributed by atoms with Crippen LogP contribution in [0.3, 0.4) is 0 Å². The van der Waals surface area contributed by atoms with E-state index in [4.69, 9.17) is 0 Å². The van der Waals surface area contributed by atoms with E-state index in [-0.39, 0.29) is 0 Å². The molecule has 2 heterocycles. The fourth-order valence-electron chi connectivity index (χ4n) is 2.61. The van der Waals surface area contributed by atoms with Crippen molar-refractivity contribution in [2.45, 2.75) is 19.8 Å². The minimum atomic E-state index is 1.04. The first-order chi connectivity index (χ1) is 9.85. The summed E-state index contributed by atoms with van der Waals surface area (Å²) in [4.78, 5) is 11.8. The fourth-order valence-corrected chi connectivity index (χ4v) is 4.09. The summed E-state index contributed by atoms with van der Waals surface area (Å²) < 4.78 is 0. The highest BCUT2D eigenvalue weighted by Crippen LogP contribution is 2.31. The Balaban J connectivity index is 2.35. The fraction of sp³-hybridized carbons (Fsp3) is 0.250. The highest BCUT2D eigenvalue weighted by Gasteiger charge is 2.17. The third-order valence-electron chi connectivity index (χ3n) is 3.49. The molecule has 1 aliphatic carbocycles. The zero-order valence-electron chi connectivity index (χ0n) is 11.6. The molecule has 0 spiro atoms. The molecule has 0 fully saturated rings. The van der Waals surface area contributed by atoms with Crippen molar-refractivity contribution in [2.75, 3.05) is 6.26 Å². The normalized spacial score (nSPS) is 15.4. The van der Waals surface area contributed by atoms with Gasteiger partial charge in [0.1, 0.15) is 0 Å². The molecule has 20 heavy (non-hydrogen) atoms. The zero-order valence-corrected chi connectivity index (χ0v) is 13.2. The quantitative estimate of drug-likeness (QED) is 0.871. The Kier molecular flexibility index (Phi) is 4.03. The van der Waals surface area contributed by atoms with Crippen LogP contribution in [-0.4, -0.2) is 16.2 Å². The maximum atomic E-state index is 4.61. The standard InChI is InChI=1S/C16H16N2S2/c1-3-13(19-2)11-6-7-12(14-5-4-10-20-14)16-15(11)17-8-9-18-16/h3-5,8-10H,6-7H2,1-2H3/b13-3-. The minimum Gasteiger partial charge on any atom is -0.253 e. The summed E-state index contributed by atoms with van der Waals surface area (Å²) in [7, 11) is 0. The second-order valence-corrected chi connectivity index (χ2v) is 6.34. The van der Waals surface area contributed by atoms with Crippen LogP contribution >= 0.6 is 23.1 Å². The van der Waals surface area contributed by atoms with Crippen molar-refractivity contribution in [3.05, 3.63) is 56.5 Å². The smallest absolute Gasteiger partial charge is 0.0936 e. The van der Waals surface area contributed by atoms with Crippen molar-refractivity contribution in [3.8, 4) is 0 Å². The molecule has 102 valence electrons. The summed E-state index contributed by atoms with van der Waals surface area (Å²) in [6.45, 7) is 2.09. The molecule has 0 bridgehead atoms. The van der Waals surface area contributed by atoms with E-state index < -0.39 is 0 Å². The number of nitrogens with zero attached hydrogens (tertiary/aromatic N) is 2. The van der Waals surface area contributed by atoms with Gasteiger partial charge in [0.15, 0.2) is 0 Å². The number of hydrogen-bond acceptors (Lipinski definition) is 4. The summed E-state index contributed by atoms with van der Waals surface area (Å²) in [5.41, 5.74) is 2.67. The molecule has 1 aliphatic rings. The maximum absolute atomic E-state index is 4.61. The van der Waals surface area contributed by atoms with E-state index in [2.05, 4.69) is 46.7 Å². The molecule has 0 unspecified atom stereocenters. The summed E-state index contributed by atoms with van der Waals surface area (Å²) in [5, 5.41) is 4.24. The average Bonchev–Trinajstić information content (AvgIpc) is 3.02. The van der Waals surface area contributed by atoms with Gasteiger partial charge in [-0.2, -0.15) is 0 Å².